The fraction of sp³-hybridized carbons (Fsp3) is 0.545. The number of rotatable bonds is 8. The van der Waals surface area contributed by atoms with Gasteiger partial charge in [0.05, 0.1) is 19.3 Å². The standard InChI is InChI=1S/C22H32N4O3/c1-6-18-17(19(7-2)29-26-18)13-25-22(23-8-3)24-12-16-11-21-15(9-14(4)28-21)10-20(16)27-5/h10-11,14H,6-9,12-13H2,1-5H3,(H2,23,24,25). The number of methoxy groups -OCH3 is 1. The van der Waals surface area contributed by atoms with Crippen LogP contribution in [-0.4, -0.2) is 30.9 Å². The Hall–Kier alpha value is -2.70. The molecule has 158 valence electrons. The van der Waals surface area contributed by atoms with Crippen molar-refractivity contribution in [1.82, 2.24) is 15.8 Å². The number of fused-ring (bicyclic) bond motifs is 1. The fourth-order valence-corrected chi connectivity index (χ4v) is 3.61. The summed E-state index contributed by atoms with van der Waals surface area (Å²) in [6.45, 7) is 10.2. The molecule has 2 heterocycles. The molecule has 0 spiro atoms. The Kier molecular flexibility index (Phi) is 7.01. The molecule has 1 aromatic carbocycles. The van der Waals surface area contributed by atoms with E-state index >= 15 is 0 Å². The first kappa shape index (κ1) is 21.0. The maximum Gasteiger partial charge on any atom is 0.191 e. The summed E-state index contributed by atoms with van der Waals surface area (Å²) >= 11 is 0. The number of benzene rings is 1. The molecule has 0 saturated carbocycles. The Bertz CT molecular complexity index is 838. The molecule has 1 unspecified atom stereocenters. The zero-order valence-electron chi connectivity index (χ0n) is 18.1. The van der Waals surface area contributed by atoms with Crippen molar-refractivity contribution in [3.8, 4) is 11.5 Å². The normalized spacial score (nSPS) is 15.8. The molecule has 1 atom stereocenters. The number of guanidine groups is 1. The molecule has 1 aliphatic heterocycles. The fourth-order valence-electron chi connectivity index (χ4n) is 3.61. The monoisotopic (exact) mass is 400 g/mol. The highest BCUT2D eigenvalue weighted by Crippen LogP contribution is 2.35. The lowest BCUT2D eigenvalue weighted by Crippen LogP contribution is -2.37. The molecule has 29 heavy (non-hydrogen) atoms. The van der Waals surface area contributed by atoms with E-state index in [0.717, 1.165) is 65.8 Å². The number of aliphatic imine (C=N–C) groups is 1. The van der Waals surface area contributed by atoms with Crippen LogP contribution in [-0.2, 0) is 32.4 Å². The first-order valence-corrected chi connectivity index (χ1v) is 10.4. The van der Waals surface area contributed by atoms with Gasteiger partial charge in [0, 0.05) is 42.6 Å². The summed E-state index contributed by atoms with van der Waals surface area (Å²) in [5, 5.41) is 10.9. The highest BCUT2D eigenvalue weighted by atomic mass is 16.5. The summed E-state index contributed by atoms with van der Waals surface area (Å²) < 4.78 is 16.9. The molecule has 0 fully saturated rings. The third kappa shape index (κ3) is 4.83. The second kappa shape index (κ2) is 9.67. The highest BCUT2D eigenvalue weighted by Gasteiger charge is 2.21. The minimum Gasteiger partial charge on any atom is -0.496 e. The van der Waals surface area contributed by atoms with Crippen LogP contribution in [0.1, 0.15) is 55.8 Å². The van der Waals surface area contributed by atoms with Crippen LogP contribution < -0.4 is 20.1 Å². The molecule has 0 radical (unpaired) electrons. The summed E-state index contributed by atoms with van der Waals surface area (Å²) in [5.41, 5.74) is 4.32. The van der Waals surface area contributed by atoms with E-state index in [4.69, 9.17) is 19.0 Å². The number of hydrogen-bond acceptors (Lipinski definition) is 5. The van der Waals surface area contributed by atoms with Crippen LogP contribution >= 0.6 is 0 Å². The van der Waals surface area contributed by atoms with Gasteiger partial charge < -0.3 is 24.6 Å². The lowest BCUT2D eigenvalue weighted by molar-refractivity contribution is 0.254. The largest absolute Gasteiger partial charge is 0.496 e. The molecule has 1 aromatic heterocycles. The molecule has 7 nitrogen and oxygen atoms in total. The van der Waals surface area contributed by atoms with Crippen molar-refractivity contribution in [2.24, 2.45) is 4.99 Å². The maximum absolute atomic E-state index is 5.90. The second-order valence-electron chi connectivity index (χ2n) is 7.19. The number of nitrogens with one attached hydrogen (secondary N) is 2. The van der Waals surface area contributed by atoms with Crippen LogP contribution in [0.5, 0.6) is 11.5 Å². The van der Waals surface area contributed by atoms with E-state index in [1.165, 1.54) is 5.56 Å². The molecule has 2 N–H and O–H groups in total. The third-order valence-corrected chi connectivity index (χ3v) is 5.09. The van der Waals surface area contributed by atoms with Crippen LogP contribution in [0.2, 0.25) is 0 Å². The molecular weight excluding hydrogens is 368 g/mol. The van der Waals surface area contributed by atoms with Gasteiger partial charge in [-0.05, 0) is 32.4 Å². The molecular formula is C22H32N4O3. The Morgan fingerprint density at radius 1 is 1.24 bits per heavy atom. The SMILES string of the molecule is CCNC(=NCc1cc2c(cc1OC)CC(C)O2)NCc1c(CC)noc1CC. The lowest BCUT2D eigenvalue weighted by Gasteiger charge is -2.13. The smallest absolute Gasteiger partial charge is 0.191 e. The van der Waals surface area contributed by atoms with Gasteiger partial charge in [-0.25, -0.2) is 4.99 Å². The summed E-state index contributed by atoms with van der Waals surface area (Å²) in [6, 6.07) is 4.12. The van der Waals surface area contributed by atoms with E-state index in [-0.39, 0.29) is 6.10 Å². The summed E-state index contributed by atoms with van der Waals surface area (Å²) in [6.07, 6.45) is 2.79. The van der Waals surface area contributed by atoms with Crippen molar-refractivity contribution in [2.45, 2.75) is 66.2 Å². The molecule has 0 amide bonds. The first-order chi connectivity index (χ1) is 14.1. The van der Waals surface area contributed by atoms with E-state index in [9.17, 15) is 0 Å². The first-order valence-electron chi connectivity index (χ1n) is 10.4. The Labute approximate surface area is 172 Å². The lowest BCUT2D eigenvalue weighted by atomic mass is 10.1. The topological polar surface area (TPSA) is 80.9 Å². The zero-order chi connectivity index (χ0) is 20.8. The van der Waals surface area contributed by atoms with Crippen molar-refractivity contribution in [3.63, 3.8) is 0 Å². The predicted octanol–water partition coefficient (Wildman–Crippen LogP) is 3.39. The van der Waals surface area contributed by atoms with Crippen molar-refractivity contribution >= 4 is 5.96 Å². The van der Waals surface area contributed by atoms with E-state index in [1.807, 2.05) is 0 Å². The number of aryl methyl sites for hydroxylation is 2. The van der Waals surface area contributed by atoms with Gasteiger partial charge in [-0.3, -0.25) is 0 Å². The van der Waals surface area contributed by atoms with Gasteiger partial charge in [-0.15, -0.1) is 0 Å². The van der Waals surface area contributed by atoms with Crippen molar-refractivity contribution < 1.29 is 14.0 Å². The summed E-state index contributed by atoms with van der Waals surface area (Å²) in [4.78, 5) is 4.76. The maximum atomic E-state index is 5.90. The number of ether oxygens (including phenoxy) is 2. The van der Waals surface area contributed by atoms with E-state index < -0.39 is 0 Å². The average molecular weight is 401 g/mol. The van der Waals surface area contributed by atoms with Gasteiger partial charge in [0.15, 0.2) is 5.96 Å². The minimum atomic E-state index is 0.205. The number of nitrogens with zero attached hydrogens (tertiary/aromatic N) is 2. The molecule has 2 aromatic rings. The van der Waals surface area contributed by atoms with Gasteiger partial charge in [0.1, 0.15) is 23.4 Å². The van der Waals surface area contributed by atoms with Gasteiger partial charge in [-0.2, -0.15) is 0 Å². The summed E-state index contributed by atoms with van der Waals surface area (Å²) in [7, 11) is 1.70. The van der Waals surface area contributed by atoms with Crippen molar-refractivity contribution in [2.75, 3.05) is 13.7 Å². The Balaban J connectivity index is 1.75. The molecule has 0 saturated heterocycles. The van der Waals surface area contributed by atoms with Crippen molar-refractivity contribution in [1.29, 1.82) is 0 Å². The third-order valence-electron chi connectivity index (χ3n) is 5.09. The van der Waals surface area contributed by atoms with Crippen LogP contribution in [0.3, 0.4) is 0 Å². The van der Waals surface area contributed by atoms with Crippen LogP contribution in [0.15, 0.2) is 21.6 Å². The van der Waals surface area contributed by atoms with E-state index in [1.54, 1.807) is 7.11 Å². The number of aromatic nitrogens is 1. The van der Waals surface area contributed by atoms with Gasteiger partial charge in [-0.1, -0.05) is 19.0 Å². The van der Waals surface area contributed by atoms with Crippen LogP contribution in [0.4, 0.5) is 0 Å². The Morgan fingerprint density at radius 3 is 2.76 bits per heavy atom. The molecule has 3 rings (SSSR count). The van der Waals surface area contributed by atoms with Crippen LogP contribution in [0.25, 0.3) is 0 Å². The second-order valence-corrected chi connectivity index (χ2v) is 7.19. The Morgan fingerprint density at radius 2 is 2.07 bits per heavy atom. The summed E-state index contributed by atoms with van der Waals surface area (Å²) in [5.74, 6) is 3.46. The van der Waals surface area contributed by atoms with Crippen molar-refractivity contribution in [3.05, 3.63) is 40.3 Å². The highest BCUT2D eigenvalue weighted by molar-refractivity contribution is 5.79. The average Bonchev–Trinajstić information content (AvgIpc) is 3.30. The molecule has 0 aliphatic carbocycles. The van der Waals surface area contributed by atoms with Gasteiger partial charge >= 0.3 is 0 Å². The molecule has 1 aliphatic rings. The van der Waals surface area contributed by atoms with Crippen LogP contribution in [0, 0.1) is 0 Å². The van der Waals surface area contributed by atoms with Gasteiger partial charge in [0.25, 0.3) is 0 Å². The quantitative estimate of drug-likeness (QED) is 0.522. The van der Waals surface area contributed by atoms with E-state index in [2.05, 4.69) is 55.6 Å². The predicted molar refractivity (Wildman–Crippen MR) is 114 cm³/mol. The van der Waals surface area contributed by atoms with Gasteiger partial charge in [0.2, 0.25) is 0 Å². The van der Waals surface area contributed by atoms with E-state index in [0.29, 0.717) is 13.1 Å². The minimum absolute atomic E-state index is 0.205. The number of hydrogen-bond donors (Lipinski definition) is 2. The molecule has 0 bridgehead atoms. The zero-order valence-corrected chi connectivity index (χ0v) is 18.1. The molecule has 7 heteroatoms.